The Morgan fingerprint density at radius 2 is 1.78 bits per heavy atom. The number of benzene rings is 2. The van der Waals surface area contributed by atoms with Crippen LogP contribution < -0.4 is 21.1 Å². The zero-order chi connectivity index (χ0) is 34.9. The van der Waals surface area contributed by atoms with Crippen LogP contribution in [0, 0.1) is 0 Å². The Hall–Kier alpha value is -4.75. The zero-order valence-corrected chi connectivity index (χ0v) is 28.8. The monoisotopic (exact) mass is 673 g/mol. The van der Waals surface area contributed by atoms with E-state index >= 15 is 0 Å². The number of aromatic nitrogens is 4. The number of imidazole rings is 1. The highest BCUT2D eigenvalue weighted by atomic mass is 16.5. The molecule has 3 heterocycles. The minimum Gasteiger partial charge on any atom is -0.469 e. The highest BCUT2D eigenvalue weighted by Gasteiger charge is 2.26. The Balaban J connectivity index is 1.32. The van der Waals surface area contributed by atoms with Crippen molar-refractivity contribution in [1.82, 2.24) is 24.4 Å². The van der Waals surface area contributed by atoms with E-state index in [1.807, 2.05) is 67.3 Å². The van der Waals surface area contributed by atoms with Crippen LogP contribution in [0.4, 0.5) is 11.5 Å². The van der Waals surface area contributed by atoms with Crippen LogP contribution in [-0.4, -0.2) is 81.9 Å². The number of hydrogen-bond acceptors (Lipinski definition) is 10. The van der Waals surface area contributed by atoms with Crippen LogP contribution in [0.5, 0.6) is 6.01 Å². The molecular formula is C36H47N7O6. The molecule has 1 amide bonds. The fourth-order valence-electron chi connectivity index (χ4n) is 6.13. The largest absolute Gasteiger partial charge is 0.469 e. The molecule has 262 valence electrons. The number of unbranched alkanes of at least 4 members (excludes halogenated alkanes) is 1. The highest BCUT2D eigenvalue weighted by Crippen LogP contribution is 2.23. The number of ether oxygens (including phenoxy) is 3. The summed E-state index contributed by atoms with van der Waals surface area (Å²) in [6.45, 7) is 8.99. The molecule has 0 radical (unpaired) electrons. The SMILES string of the molecule is CCCCOc1nc(N)c2[nH]c(=O)n(CCCc3cccc(N(Cc4ccc(CC(=O)OC)cc4)C(=O)CN4C[C@@H](C)O[C@@H](C)C4)c3)c2n1. The van der Waals surface area contributed by atoms with Gasteiger partial charge in [-0.05, 0) is 61.9 Å². The van der Waals surface area contributed by atoms with Crippen LogP contribution in [0.15, 0.2) is 53.3 Å². The highest BCUT2D eigenvalue weighted by molar-refractivity contribution is 5.94. The molecule has 13 heteroatoms. The molecule has 1 fully saturated rings. The number of rotatable bonds is 15. The number of amides is 1. The molecule has 0 bridgehead atoms. The van der Waals surface area contributed by atoms with E-state index in [0.29, 0.717) is 56.8 Å². The number of aromatic amines is 1. The lowest BCUT2D eigenvalue weighted by molar-refractivity contribution is -0.139. The minimum atomic E-state index is -0.309. The van der Waals surface area contributed by atoms with Crippen molar-refractivity contribution in [1.29, 1.82) is 0 Å². The van der Waals surface area contributed by atoms with Gasteiger partial charge in [0, 0.05) is 25.3 Å². The lowest BCUT2D eigenvalue weighted by Gasteiger charge is -2.36. The summed E-state index contributed by atoms with van der Waals surface area (Å²) in [4.78, 5) is 54.0. The van der Waals surface area contributed by atoms with Crippen LogP contribution in [0.25, 0.3) is 11.2 Å². The van der Waals surface area contributed by atoms with Crippen molar-refractivity contribution in [2.45, 2.75) is 78.2 Å². The fraction of sp³-hybridized carbons (Fsp3) is 0.472. The maximum atomic E-state index is 14.0. The first-order chi connectivity index (χ1) is 23.6. The van der Waals surface area contributed by atoms with E-state index in [1.165, 1.54) is 7.11 Å². The second-order valence-corrected chi connectivity index (χ2v) is 12.6. The standard InChI is InChI=1S/C36H47N7O6/c1-5-6-17-48-35-39-33(37)32-34(40-35)42(36(46)38-32)16-8-10-26-9-7-11-29(18-26)43(30(44)23-41-20-24(2)49-25(3)21-41)22-28-14-12-27(13-15-28)19-31(45)47-4/h7,9,11-15,18,24-25H,5-6,8,10,16-17,19-23H2,1-4H3,(H,38,46)(H2,37,39,40)/t24-,25+. The Bertz CT molecular complexity index is 1780. The van der Waals surface area contributed by atoms with E-state index in [1.54, 1.807) is 4.57 Å². The van der Waals surface area contributed by atoms with Gasteiger partial charge in [0.15, 0.2) is 11.5 Å². The average molecular weight is 674 g/mol. The smallest absolute Gasteiger partial charge is 0.327 e. The number of carbonyl (C=O) groups is 2. The maximum absolute atomic E-state index is 14.0. The normalized spacial score (nSPS) is 16.5. The first kappa shape index (κ1) is 35.6. The van der Waals surface area contributed by atoms with Crippen molar-refractivity contribution in [2.75, 3.05) is 44.0 Å². The number of esters is 1. The van der Waals surface area contributed by atoms with Crippen molar-refractivity contribution in [3.63, 3.8) is 0 Å². The first-order valence-corrected chi connectivity index (χ1v) is 16.9. The number of nitrogens with two attached hydrogens (primary N) is 1. The van der Waals surface area contributed by atoms with Gasteiger partial charge < -0.3 is 29.8 Å². The van der Waals surface area contributed by atoms with Gasteiger partial charge in [0.1, 0.15) is 5.52 Å². The lowest BCUT2D eigenvalue weighted by atomic mass is 10.1. The van der Waals surface area contributed by atoms with Gasteiger partial charge in [-0.1, -0.05) is 49.7 Å². The Morgan fingerprint density at radius 3 is 2.49 bits per heavy atom. The van der Waals surface area contributed by atoms with E-state index in [4.69, 9.17) is 19.9 Å². The molecule has 1 aliphatic rings. The Morgan fingerprint density at radius 1 is 1.04 bits per heavy atom. The van der Waals surface area contributed by atoms with Gasteiger partial charge in [0.2, 0.25) is 5.91 Å². The number of H-pyrrole nitrogens is 1. The summed E-state index contributed by atoms with van der Waals surface area (Å²) in [5.41, 5.74) is 10.2. The molecule has 0 spiro atoms. The molecule has 13 nitrogen and oxygen atoms in total. The van der Waals surface area contributed by atoms with Crippen molar-refractivity contribution in [2.24, 2.45) is 0 Å². The van der Waals surface area contributed by atoms with Gasteiger partial charge in [-0.3, -0.25) is 19.1 Å². The molecule has 0 unspecified atom stereocenters. The van der Waals surface area contributed by atoms with Crippen molar-refractivity contribution in [3.05, 3.63) is 75.7 Å². The van der Waals surface area contributed by atoms with Gasteiger partial charge >= 0.3 is 17.7 Å². The number of nitrogen functional groups attached to an aromatic ring is 1. The van der Waals surface area contributed by atoms with Crippen molar-refractivity contribution >= 4 is 34.5 Å². The molecule has 2 aromatic carbocycles. The van der Waals surface area contributed by atoms with Crippen LogP contribution >= 0.6 is 0 Å². The van der Waals surface area contributed by atoms with E-state index in [9.17, 15) is 14.4 Å². The van der Waals surface area contributed by atoms with Gasteiger partial charge in [-0.15, -0.1) is 0 Å². The maximum Gasteiger partial charge on any atom is 0.327 e. The molecule has 1 saturated heterocycles. The minimum absolute atomic E-state index is 0.0170. The second kappa shape index (κ2) is 16.6. The number of anilines is 2. The molecule has 0 saturated carbocycles. The third-order valence-electron chi connectivity index (χ3n) is 8.52. The van der Waals surface area contributed by atoms with E-state index in [2.05, 4.69) is 26.8 Å². The van der Waals surface area contributed by atoms with Gasteiger partial charge in [-0.2, -0.15) is 9.97 Å². The molecule has 4 aromatic rings. The summed E-state index contributed by atoms with van der Waals surface area (Å²) in [6.07, 6.45) is 3.41. The number of aryl methyl sites for hydroxylation is 2. The van der Waals surface area contributed by atoms with Crippen molar-refractivity contribution < 1.29 is 23.8 Å². The third-order valence-corrected chi connectivity index (χ3v) is 8.52. The number of nitrogens with zero attached hydrogens (tertiary/aromatic N) is 5. The quantitative estimate of drug-likeness (QED) is 0.140. The number of methoxy groups -OCH3 is 1. The van der Waals surface area contributed by atoms with Crippen LogP contribution in [0.1, 0.15) is 56.7 Å². The predicted octanol–water partition coefficient (Wildman–Crippen LogP) is 3.87. The lowest BCUT2D eigenvalue weighted by Crippen LogP contribution is -2.49. The molecule has 2 aromatic heterocycles. The molecule has 0 aliphatic carbocycles. The zero-order valence-electron chi connectivity index (χ0n) is 28.8. The molecule has 3 N–H and O–H groups in total. The number of carbonyl (C=O) groups excluding carboxylic acids is 2. The summed E-state index contributed by atoms with van der Waals surface area (Å²) in [5, 5.41) is 0. The molecule has 2 atom stereocenters. The summed E-state index contributed by atoms with van der Waals surface area (Å²) >= 11 is 0. The van der Waals surface area contributed by atoms with E-state index < -0.39 is 0 Å². The van der Waals surface area contributed by atoms with Crippen LogP contribution in [0.2, 0.25) is 0 Å². The number of nitrogens with one attached hydrogen (secondary N) is 1. The Kier molecular flexibility index (Phi) is 12.0. The number of hydrogen-bond donors (Lipinski definition) is 2. The molecular weight excluding hydrogens is 626 g/mol. The van der Waals surface area contributed by atoms with Gasteiger partial charge in [0.25, 0.3) is 0 Å². The van der Waals surface area contributed by atoms with E-state index in [-0.39, 0.29) is 54.6 Å². The molecule has 49 heavy (non-hydrogen) atoms. The summed E-state index contributed by atoms with van der Waals surface area (Å²) < 4.78 is 17.9. The Labute approximate surface area is 286 Å². The van der Waals surface area contributed by atoms with Gasteiger partial charge in [0.05, 0.1) is 45.4 Å². The van der Waals surface area contributed by atoms with Gasteiger partial charge in [-0.25, -0.2) is 4.79 Å². The molecule has 5 rings (SSSR count). The summed E-state index contributed by atoms with van der Waals surface area (Å²) in [7, 11) is 1.37. The van der Waals surface area contributed by atoms with Crippen LogP contribution in [-0.2, 0) is 45.0 Å². The van der Waals surface area contributed by atoms with Crippen LogP contribution in [0.3, 0.4) is 0 Å². The summed E-state index contributed by atoms with van der Waals surface area (Å²) in [5.74, 6) is -0.149. The predicted molar refractivity (Wildman–Crippen MR) is 188 cm³/mol. The second-order valence-electron chi connectivity index (χ2n) is 12.6. The average Bonchev–Trinajstić information content (AvgIpc) is 3.39. The van der Waals surface area contributed by atoms with E-state index in [0.717, 1.165) is 35.2 Å². The third kappa shape index (κ3) is 9.45. The first-order valence-electron chi connectivity index (χ1n) is 16.9. The number of fused-ring (bicyclic) bond motifs is 1. The topological polar surface area (TPSA) is 158 Å². The fourth-order valence-corrected chi connectivity index (χ4v) is 6.13. The molecule has 1 aliphatic heterocycles. The summed E-state index contributed by atoms with van der Waals surface area (Å²) in [6, 6.07) is 15.8. The van der Waals surface area contributed by atoms with Crippen molar-refractivity contribution in [3.8, 4) is 6.01 Å². The number of morpholine rings is 1.